The van der Waals surface area contributed by atoms with Gasteiger partial charge in [-0.25, -0.2) is 4.39 Å². The molecule has 7 nitrogen and oxygen atoms in total. The number of aromatic nitrogens is 1. The van der Waals surface area contributed by atoms with Crippen molar-refractivity contribution in [2.24, 2.45) is 0 Å². The lowest BCUT2D eigenvalue weighted by atomic mass is 9.44. The van der Waals surface area contributed by atoms with E-state index in [0.717, 1.165) is 11.6 Å². The Bertz CT molecular complexity index is 1110. The van der Waals surface area contributed by atoms with Crippen molar-refractivity contribution < 1.29 is 23.8 Å². The maximum Gasteiger partial charge on any atom is 0.270 e. The van der Waals surface area contributed by atoms with Gasteiger partial charge in [0, 0.05) is 23.3 Å². The monoisotopic (exact) mass is 473 g/mol. The molecule has 0 atom stereocenters. The second kappa shape index (κ2) is 8.43. The predicted molar refractivity (Wildman–Crippen MR) is 121 cm³/mol. The average Bonchev–Trinajstić information content (AvgIpc) is 2.70. The molecular weight excluding hydrogens is 449 g/mol. The van der Waals surface area contributed by atoms with E-state index in [1.807, 2.05) is 0 Å². The maximum atomic E-state index is 13.5. The van der Waals surface area contributed by atoms with Crippen LogP contribution in [0, 0.1) is 5.82 Å². The minimum Gasteiger partial charge on any atom is -0.484 e. The van der Waals surface area contributed by atoms with Gasteiger partial charge in [0.25, 0.3) is 11.8 Å². The smallest absolute Gasteiger partial charge is 0.270 e. The minimum absolute atomic E-state index is 0.0134. The Hall–Kier alpha value is -2.97. The molecule has 2 amide bonds. The van der Waals surface area contributed by atoms with E-state index in [0.29, 0.717) is 25.0 Å². The number of benzene rings is 1. The molecule has 0 saturated heterocycles. The zero-order valence-corrected chi connectivity index (χ0v) is 19.1. The molecule has 3 aliphatic rings. The first-order chi connectivity index (χ1) is 15.5. The quantitative estimate of drug-likeness (QED) is 0.546. The van der Waals surface area contributed by atoms with Crippen molar-refractivity contribution in [1.82, 2.24) is 15.6 Å². The summed E-state index contributed by atoms with van der Waals surface area (Å²) in [4.78, 5) is 29.1. The van der Waals surface area contributed by atoms with Crippen LogP contribution in [0.1, 0.15) is 49.2 Å². The van der Waals surface area contributed by atoms with Crippen LogP contribution in [0.3, 0.4) is 0 Å². The standard InChI is InChI=1S/C24H25ClFN3O4/c1-22(2,32)7-5-15-6-8-27-19(9-15)21(31)29-24-12-23(13-24,14-24)28-20(30)11-33-16-3-4-17(25)18(26)10-16/h3-10,32H,11-14H2,1-2H3,(H,28,30)(H,29,31). The van der Waals surface area contributed by atoms with E-state index in [-0.39, 0.29) is 40.3 Å². The summed E-state index contributed by atoms with van der Waals surface area (Å²) in [6.07, 6.45) is 6.83. The van der Waals surface area contributed by atoms with Crippen LogP contribution in [-0.2, 0) is 4.79 Å². The molecule has 33 heavy (non-hydrogen) atoms. The number of carbonyl (C=O) groups is 2. The third-order valence-corrected chi connectivity index (χ3v) is 6.08. The number of carbonyl (C=O) groups excluding carboxylic acids is 2. The highest BCUT2D eigenvalue weighted by molar-refractivity contribution is 6.30. The fourth-order valence-electron chi connectivity index (χ4n) is 4.38. The highest BCUT2D eigenvalue weighted by Crippen LogP contribution is 2.60. The lowest BCUT2D eigenvalue weighted by molar-refractivity contribution is -0.141. The molecule has 0 unspecified atom stereocenters. The van der Waals surface area contributed by atoms with Gasteiger partial charge in [0.2, 0.25) is 0 Å². The fraction of sp³-hybridized carbons (Fsp3) is 0.375. The summed E-state index contributed by atoms with van der Waals surface area (Å²) in [5.41, 5.74) is -0.584. The number of nitrogens with zero attached hydrogens (tertiary/aromatic N) is 1. The van der Waals surface area contributed by atoms with Gasteiger partial charge in [-0.3, -0.25) is 14.6 Å². The molecule has 3 saturated carbocycles. The van der Waals surface area contributed by atoms with Crippen LogP contribution in [-0.4, -0.2) is 45.2 Å². The van der Waals surface area contributed by atoms with Crippen molar-refractivity contribution in [3.8, 4) is 5.75 Å². The van der Waals surface area contributed by atoms with Crippen LogP contribution in [0.2, 0.25) is 5.02 Å². The van der Waals surface area contributed by atoms with Gasteiger partial charge in [0.15, 0.2) is 6.61 Å². The van der Waals surface area contributed by atoms with Crippen LogP contribution in [0.25, 0.3) is 6.08 Å². The maximum absolute atomic E-state index is 13.5. The second-order valence-corrected chi connectivity index (χ2v) is 9.83. The van der Waals surface area contributed by atoms with Crippen molar-refractivity contribution in [3.63, 3.8) is 0 Å². The molecule has 1 heterocycles. The van der Waals surface area contributed by atoms with Crippen molar-refractivity contribution >= 4 is 29.5 Å². The molecule has 9 heteroatoms. The topological polar surface area (TPSA) is 101 Å². The van der Waals surface area contributed by atoms with E-state index in [1.54, 1.807) is 44.3 Å². The molecule has 174 valence electrons. The number of ether oxygens (including phenoxy) is 1. The van der Waals surface area contributed by atoms with Gasteiger partial charge in [0.1, 0.15) is 17.3 Å². The van der Waals surface area contributed by atoms with Crippen LogP contribution in [0.5, 0.6) is 5.75 Å². The van der Waals surface area contributed by atoms with E-state index in [4.69, 9.17) is 16.3 Å². The molecule has 2 bridgehead atoms. The highest BCUT2D eigenvalue weighted by Gasteiger charge is 2.69. The third-order valence-electron chi connectivity index (χ3n) is 5.77. The van der Waals surface area contributed by atoms with Crippen molar-refractivity contribution in [3.05, 3.63) is 64.7 Å². The van der Waals surface area contributed by atoms with Gasteiger partial charge in [-0.2, -0.15) is 0 Å². The molecule has 5 rings (SSSR count). The van der Waals surface area contributed by atoms with Gasteiger partial charge in [0.05, 0.1) is 10.6 Å². The fourth-order valence-corrected chi connectivity index (χ4v) is 4.50. The molecule has 3 aliphatic carbocycles. The molecular formula is C24H25ClFN3O4. The average molecular weight is 474 g/mol. The Kier molecular flexibility index (Phi) is 5.92. The number of aliphatic hydroxyl groups is 1. The number of halogens is 2. The first kappa shape index (κ1) is 23.2. The first-order valence-electron chi connectivity index (χ1n) is 10.6. The minimum atomic E-state index is -0.952. The van der Waals surface area contributed by atoms with E-state index in [2.05, 4.69) is 15.6 Å². The Morgan fingerprint density at radius 3 is 2.58 bits per heavy atom. The molecule has 3 N–H and O–H groups in total. The summed E-state index contributed by atoms with van der Waals surface area (Å²) in [7, 11) is 0. The molecule has 1 aromatic heterocycles. The number of pyridine rings is 1. The van der Waals surface area contributed by atoms with Crippen LogP contribution in [0.4, 0.5) is 4.39 Å². The zero-order valence-electron chi connectivity index (χ0n) is 18.3. The summed E-state index contributed by atoms with van der Waals surface area (Å²) in [6.45, 7) is 3.09. The Morgan fingerprint density at radius 1 is 1.21 bits per heavy atom. The van der Waals surface area contributed by atoms with Crippen molar-refractivity contribution in [2.45, 2.75) is 49.8 Å². The molecule has 1 aromatic carbocycles. The van der Waals surface area contributed by atoms with Crippen LogP contribution < -0.4 is 15.4 Å². The Labute approximate surface area is 196 Å². The summed E-state index contributed by atoms with van der Waals surface area (Å²) in [6, 6.07) is 7.41. The molecule has 0 aliphatic heterocycles. The van der Waals surface area contributed by atoms with Gasteiger partial charge >= 0.3 is 0 Å². The Morgan fingerprint density at radius 2 is 1.91 bits per heavy atom. The molecule has 2 aromatic rings. The Balaban J connectivity index is 1.25. The van der Waals surface area contributed by atoms with Gasteiger partial charge in [-0.05, 0) is 62.9 Å². The predicted octanol–water partition coefficient (Wildman–Crippen LogP) is 3.26. The van der Waals surface area contributed by atoms with Crippen molar-refractivity contribution in [1.29, 1.82) is 0 Å². The van der Waals surface area contributed by atoms with Gasteiger partial charge < -0.3 is 20.5 Å². The van der Waals surface area contributed by atoms with E-state index in [9.17, 15) is 19.1 Å². The number of rotatable bonds is 8. The molecule has 3 fully saturated rings. The normalized spacial score (nSPS) is 23.4. The molecule has 0 spiro atoms. The number of amides is 2. The van der Waals surface area contributed by atoms with Crippen LogP contribution in [0.15, 0.2) is 42.6 Å². The van der Waals surface area contributed by atoms with Gasteiger partial charge in [-0.1, -0.05) is 23.8 Å². The van der Waals surface area contributed by atoms with E-state index >= 15 is 0 Å². The number of nitrogens with one attached hydrogen (secondary N) is 2. The SMILES string of the molecule is CC(C)(O)C=Cc1ccnc(C(=O)NC23CC(NC(=O)COc4ccc(Cl)c(F)c4)(C2)C3)c1. The van der Waals surface area contributed by atoms with Crippen LogP contribution >= 0.6 is 11.6 Å². The third kappa shape index (κ3) is 5.34. The summed E-state index contributed by atoms with van der Waals surface area (Å²) in [5.74, 6) is -0.973. The lowest BCUT2D eigenvalue weighted by Gasteiger charge is -2.70. The summed E-state index contributed by atoms with van der Waals surface area (Å²) < 4.78 is 18.8. The lowest BCUT2D eigenvalue weighted by Crippen LogP contribution is -2.84. The number of hydrogen-bond donors (Lipinski definition) is 3. The zero-order chi connectivity index (χ0) is 23.9. The second-order valence-electron chi connectivity index (χ2n) is 9.42. The van der Waals surface area contributed by atoms with E-state index in [1.165, 1.54) is 12.1 Å². The number of hydrogen-bond acceptors (Lipinski definition) is 5. The first-order valence-corrected chi connectivity index (χ1v) is 10.9. The molecule has 0 radical (unpaired) electrons. The highest BCUT2D eigenvalue weighted by atomic mass is 35.5. The largest absolute Gasteiger partial charge is 0.484 e. The van der Waals surface area contributed by atoms with E-state index < -0.39 is 11.4 Å². The summed E-state index contributed by atoms with van der Waals surface area (Å²) in [5, 5.41) is 15.8. The summed E-state index contributed by atoms with van der Waals surface area (Å²) >= 11 is 5.63. The van der Waals surface area contributed by atoms with Gasteiger partial charge in [-0.15, -0.1) is 0 Å². The van der Waals surface area contributed by atoms with Crippen molar-refractivity contribution in [2.75, 3.05) is 6.61 Å².